The number of hydrogen-bond donors (Lipinski definition) is 0. The first-order chi connectivity index (χ1) is 10.7. The minimum Gasteiger partial charge on any atom is -0.463 e. The quantitative estimate of drug-likeness (QED) is 0.808. The molecule has 0 saturated carbocycles. The van der Waals surface area contributed by atoms with Gasteiger partial charge in [-0.15, -0.1) is 11.3 Å². The molecule has 22 heavy (non-hydrogen) atoms. The largest absolute Gasteiger partial charge is 0.463 e. The molecule has 0 spiro atoms. The van der Waals surface area contributed by atoms with Crippen molar-refractivity contribution in [3.05, 3.63) is 45.0 Å². The van der Waals surface area contributed by atoms with Crippen molar-refractivity contribution in [2.45, 2.75) is 32.3 Å². The van der Waals surface area contributed by atoms with Crippen LogP contribution in [0.5, 0.6) is 0 Å². The highest BCUT2D eigenvalue weighted by Gasteiger charge is 2.19. The molecular formula is C16H16O5S. The molecule has 1 aliphatic carbocycles. The molecule has 2 aromatic rings. The van der Waals surface area contributed by atoms with Crippen LogP contribution in [0.4, 0.5) is 0 Å². The van der Waals surface area contributed by atoms with Crippen LogP contribution in [0, 0.1) is 0 Å². The normalized spacial score (nSPS) is 13.5. The lowest BCUT2D eigenvalue weighted by molar-refractivity contribution is 0.0444. The Bertz CT molecular complexity index is 674. The molecule has 0 aliphatic heterocycles. The van der Waals surface area contributed by atoms with Gasteiger partial charge >= 0.3 is 11.9 Å². The fraction of sp³-hybridized carbons (Fsp3) is 0.375. The summed E-state index contributed by atoms with van der Waals surface area (Å²) in [6.45, 7) is -0.00159. The van der Waals surface area contributed by atoms with E-state index in [0.717, 1.165) is 12.8 Å². The third kappa shape index (κ3) is 3.06. The third-order valence-electron chi connectivity index (χ3n) is 3.59. The Labute approximate surface area is 131 Å². The summed E-state index contributed by atoms with van der Waals surface area (Å²) in [6.07, 6.45) is 4.46. The Kier molecular flexibility index (Phi) is 4.29. The Morgan fingerprint density at radius 3 is 2.82 bits per heavy atom. The summed E-state index contributed by atoms with van der Waals surface area (Å²) in [5.41, 5.74) is 1.27. The number of thiophene rings is 1. The van der Waals surface area contributed by atoms with Gasteiger partial charge in [0.1, 0.15) is 17.2 Å². The average molecular weight is 320 g/mol. The number of furan rings is 1. The molecule has 0 saturated heterocycles. The van der Waals surface area contributed by atoms with Crippen molar-refractivity contribution in [1.82, 2.24) is 0 Å². The zero-order valence-electron chi connectivity index (χ0n) is 12.2. The molecule has 0 radical (unpaired) electrons. The predicted molar refractivity (Wildman–Crippen MR) is 80.1 cm³/mol. The van der Waals surface area contributed by atoms with Crippen LogP contribution in [0.2, 0.25) is 0 Å². The Morgan fingerprint density at radius 2 is 2.05 bits per heavy atom. The Balaban J connectivity index is 1.61. The van der Waals surface area contributed by atoms with E-state index >= 15 is 0 Å². The summed E-state index contributed by atoms with van der Waals surface area (Å²) >= 11 is 1.51. The summed E-state index contributed by atoms with van der Waals surface area (Å²) in [6, 6.07) is 5.03. The number of hydrogen-bond acceptors (Lipinski definition) is 6. The lowest BCUT2D eigenvalue weighted by Gasteiger charge is -2.08. The molecule has 116 valence electrons. The molecule has 2 aromatic heterocycles. The van der Waals surface area contributed by atoms with E-state index in [0.29, 0.717) is 10.6 Å². The van der Waals surface area contributed by atoms with E-state index in [-0.39, 0.29) is 18.3 Å². The number of rotatable bonds is 4. The molecular weight excluding hydrogens is 304 g/mol. The fourth-order valence-corrected chi connectivity index (χ4v) is 3.61. The maximum Gasteiger partial charge on any atom is 0.373 e. The lowest BCUT2D eigenvalue weighted by Crippen LogP contribution is -2.03. The van der Waals surface area contributed by atoms with Crippen molar-refractivity contribution >= 4 is 23.3 Å². The van der Waals surface area contributed by atoms with E-state index in [1.54, 1.807) is 6.07 Å². The lowest BCUT2D eigenvalue weighted by atomic mass is 9.99. The van der Waals surface area contributed by atoms with Crippen LogP contribution >= 0.6 is 11.3 Å². The van der Waals surface area contributed by atoms with Gasteiger partial charge in [0.25, 0.3) is 0 Å². The number of esters is 2. The highest BCUT2D eigenvalue weighted by molar-refractivity contribution is 7.14. The molecule has 3 rings (SSSR count). The average Bonchev–Trinajstić information content (AvgIpc) is 3.18. The van der Waals surface area contributed by atoms with Crippen LogP contribution in [0.3, 0.4) is 0 Å². The summed E-state index contributed by atoms with van der Waals surface area (Å²) in [5, 5.41) is 0. The molecule has 5 nitrogen and oxygen atoms in total. The zero-order chi connectivity index (χ0) is 15.5. The topological polar surface area (TPSA) is 65.7 Å². The van der Waals surface area contributed by atoms with Gasteiger partial charge in [-0.1, -0.05) is 0 Å². The first kappa shape index (κ1) is 14.8. The molecule has 0 atom stereocenters. The van der Waals surface area contributed by atoms with Crippen LogP contribution in [0.1, 0.15) is 49.3 Å². The second kappa shape index (κ2) is 6.36. The molecule has 0 unspecified atom stereocenters. The van der Waals surface area contributed by atoms with Gasteiger partial charge in [0.05, 0.1) is 7.11 Å². The smallest absolute Gasteiger partial charge is 0.373 e. The standard InChI is InChI=1S/C16H16O5S/c1-19-15(17)12-7-6-11(21-12)9-20-16(18)14-8-10-4-2-3-5-13(10)22-14/h6-8H,2-5,9H2,1H3. The predicted octanol–water partition coefficient (Wildman–Crippen LogP) is 3.36. The van der Waals surface area contributed by atoms with Gasteiger partial charge in [0.2, 0.25) is 5.76 Å². The van der Waals surface area contributed by atoms with Crippen LogP contribution < -0.4 is 0 Å². The van der Waals surface area contributed by atoms with Crippen molar-refractivity contribution in [2.75, 3.05) is 7.11 Å². The number of carbonyl (C=O) groups is 2. The number of ether oxygens (including phenoxy) is 2. The minimum atomic E-state index is -0.552. The van der Waals surface area contributed by atoms with Crippen LogP contribution in [-0.4, -0.2) is 19.0 Å². The minimum absolute atomic E-state index is 0.00159. The van der Waals surface area contributed by atoms with Gasteiger partial charge in [0, 0.05) is 4.88 Å². The number of aryl methyl sites for hydroxylation is 2. The van der Waals surface area contributed by atoms with Crippen molar-refractivity contribution < 1.29 is 23.5 Å². The van der Waals surface area contributed by atoms with E-state index in [4.69, 9.17) is 9.15 Å². The summed E-state index contributed by atoms with van der Waals surface area (Å²) < 4.78 is 15.1. The van der Waals surface area contributed by atoms with Crippen LogP contribution in [0.25, 0.3) is 0 Å². The maximum atomic E-state index is 12.1. The van der Waals surface area contributed by atoms with Gasteiger partial charge in [0.15, 0.2) is 0 Å². The second-order valence-electron chi connectivity index (χ2n) is 5.10. The Morgan fingerprint density at radius 1 is 1.23 bits per heavy atom. The monoisotopic (exact) mass is 320 g/mol. The van der Waals surface area contributed by atoms with Gasteiger partial charge < -0.3 is 13.9 Å². The van der Waals surface area contributed by atoms with Crippen LogP contribution in [0.15, 0.2) is 22.6 Å². The summed E-state index contributed by atoms with van der Waals surface area (Å²) in [4.78, 5) is 25.3. The third-order valence-corrected chi connectivity index (χ3v) is 4.81. The van der Waals surface area contributed by atoms with E-state index in [1.165, 1.54) is 47.8 Å². The molecule has 0 bridgehead atoms. The fourth-order valence-electron chi connectivity index (χ4n) is 2.46. The molecule has 6 heteroatoms. The number of fused-ring (bicyclic) bond motifs is 1. The van der Waals surface area contributed by atoms with Crippen LogP contribution in [-0.2, 0) is 28.9 Å². The van der Waals surface area contributed by atoms with Crippen molar-refractivity contribution in [3.8, 4) is 0 Å². The summed E-state index contributed by atoms with van der Waals surface area (Å²) in [5.74, 6) is -0.394. The number of methoxy groups -OCH3 is 1. The SMILES string of the molecule is COC(=O)c1ccc(COC(=O)c2cc3c(s2)CCCC3)o1. The second-order valence-corrected chi connectivity index (χ2v) is 6.24. The van der Waals surface area contributed by atoms with Gasteiger partial charge in [-0.3, -0.25) is 0 Å². The Hall–Kier alpha value is -2.08. The highest BCUT2D eigenvalue weighted by Crippen LogP contribution is 2.30. The summed E-state index contributed by atoms with van der Waals surface area (Å²) in [7, 11) is 1.28. The molecule has 0 amide bonds. The van der Waals surface area contributed by atoms with E-state index in [1.807, 2.05) is 6.07 Å². The van der Waals surface area contributed by atoms with Gasteiger partial charge in [-0.05, 0) is 49.4 Å². The zero-order valence-corrected chi connectivity index (χ0v) is 13.0. The van der Waals surface area contributed by atoms with E-state index < -0.39 is 5.97 Å². The maximum absolute atomic E-state index is 12.1. The van der Waals surface area contributed by atoms with Crippen molar-refractivity contribution in [1.29, 1.82) is 0 Å². The first-order valence-electron chi connectivity index (χ1n) is 7.13. The molecule has 0 aromatic carbocycles. The molecule has 0 N–H and O–H groups in total. The van der Waals surface area contributed by atoms with Gasteiger partial charge in [-0.25, -0.2) is 9.59 Å². The van der Waals surface area contributed by atoms with E-state index in [2.05, 4.69) is 4.74 Å². The van der Waals surface area contributed by atoms with Gasteiger partial charge in [-0.2, -0.15) is 0 Å². The number of carbonyl (C=O) groups excluding carboxylic acids is 2. The molecule has 2 heterocycles. The van der Waals surface area contributed by atoms with Crippen molar-refractivity contribution in [2.24, 2.45) is 0 Å². The van der Waals surface area contributed by atoms with E-state index in [9.17, 15) is 9.59 Å². The highest BCUT2D eigenvalue weighted by atomic mass is 32.1. The van der Waals surface area contributed by atoms with Crippen molar-refractivity contribution in [3.63, 3.8) is 0 Å². The molecule has 0 fully saturated rings. The first-order valence-corrected chi connectivity index (χ1v) is 7.95. The molecule has 1 aliphatic rings.